The molecular weight excluding hydrogens is 564 g/mol. The lowest BCUT2D eigenvalue weighted by Gasteiger charge is -2.34. The smallest absolute Gasteiger partial charge is 0.344 e. The van der Waals surface area contributed by atoms with Gasteiger partial charge in [-0.05, 0) is 48.6 Å². The van der Waals surface area contributed by atoms with E-state index < -0.39 is 30.2 Å². The first-order valence-electron chi connectivity index (χ1n) is 12.8. The molecule has 3 aromatic rings. The van der Waals surface area contributed by atoms with Gasteiger partial charge in [0.2, 0.25) is 5.88 Å². The summed E-state index contributed by atoms with van der Waals surface area (Å²) in [6.45, 7) is 5.91. The predicted molar refractivity (Wildman–Crippen MR) is 149 cm³/mol. The fourth-order valence-electron chi connectivity index (χ4n) is 4.29. The SMILES string of the molecule is O=C(NCCCCN1CCN(Cc2ccccc2)CC1)Nc1snc(OCc2cc(F)c(Cl)cc2F)c1C(=O)O. The van der Waals surface area contributed by atoms with Gasteiger partial charge in [0, 0.05) is 44.8 Å². The van der Waals surface area contributed by atoms with Crippen molar-refractivity contribution < 1.29 is 28.2 Å². The van der Waals surface area contributed by atoms with Crippen molar-refractivity contribution in [1.29, 1.82) is 0 Å². The number of anilines is 1. The largest absolute Gasteiger partial charge is 0.477 e. The van der Waals surface area contributed by atoms with Gasteiger partial charge in [0.25, 0.3) is 0 Å². The molecule has 0 radical (unpaired) electrons. The van der Waals surface area contributed by atoms with Crippen LogP contribution in [-0.2, 0) is 13.2 Å². The van der Waals surface area contributed by atoms with Gasteiger partial charge in [0.1, 0.15) is 23.2 Å². The number of carboxylic acids is 1. The third kappa shape index (κ3) is 8.34. The van der Waals surface area contributed by atoms with Crippen molar-refractivity contribution in [2.75, 3.05) is 44.6 Å². The Morgan fingerprint density at radius 2 is 1.77 bits per heavy atom. The van der Waals surface area contributed by atoms with Crippen molar-refractivity contribution in [2.24, 2.45) is 0 Å². The van der Waals surface area contributed by atoms with Crippen LogP contribution in [0.3, 0.4) is 0 Å². The maximum atomic E-state index is 14.0. The molecule has 2 amide bonds. The number of rotatable bonds is 12. The highest BCUT2D eigenvalue weighted by atomic mass is 35.5. The number of piperazine rings is 1. The van der Waals surface area contributed by atoms with Gasteiger partial charge in [-0.25, -0.2) is 18.4 Å². The van der Waals surface area contributed by atoms with E-state index >= 15 is 0 Å². The molecule has 4 rings (SSSR count). The second-order valence-corrected chi connectivity index (χ2v) is 10.5. The Labute approximate surface area is 239 Å². The van der Waals surface area contributed by atoms with E-state index in [4.69, 9.17) is 16.3 Å². The topological polar surface area (TPSA) is 107 Å². The minimum Gasteiger partial charge on any atom is -0.477 e. The Hall–Kier alpha value is -3.32. The molecule has 0 bridgehead atoms. The van der Waals surface area contributed by atoms with Crippen molar-refractivity contribution in [3.05, 3.63) is 75.8 Å². The van der Waals surface area contributed by atoms with Gasteiger partial charge < -0.3 is 20.1 Å². The quantitative estimate of drug-likeness (QED) is 0.199. The molecule has 0 unspecified atom stereocenters. The van der Waals surface area contributed by atoms with Crippen LogP contribution in [0.15, 0.2) is 42.5 Å². The fourth-order valence-corrected chi connectivity index (χ4v) is 5.16. The molecule has 2 heterocycles. The zero-order valence-corrected chi connectivity index (χ0v) is 23.2. The molecule has 1 saturated heterocycles. The Balaban J connectivity index is 1.16. The number of urea groups is 1. The highest BCUT2D eigenvalue weighted by Crippen LogP contribution is 2.31. The Bertz CT molecular complexity index is 1310. The van der Waals surface area contributed by atoms with Crippen molar-refractivity contribution in [3.63, 3.8) is 0 Å². The molecule has 0 spiro atoms. The van der Waals surface area contributed by atoms with Crippen LogP contribution < -0.4 is 15.4 Å². The molecule has 13 heteroatoms. The summed E-state index contributed by atoms with van der Waals surface area (Å²) in [4.78, 5) is 29.0. The lowest BCUT2D eigenvalue weighted by Crippen LogP contribution is -2.46. The van der Waals surface area contributed by atoms with Crippen LogP contribution in [0.4, 0.5) is 18.6 Å². The standard InChI is InChI=1S/C27H30ClF2N5O4S/c28-20-15-21(29)19(14-22(20)30)17-39-24-23(26(36)37)25(40-33-24)32-27(38)31-8-4-5-9-34-10-12-35(13-11-34)16-18-6-2-1-3-7-18/h1-3,6-7,14-15H,4-5,8-13,16-17H2,(H,36,37)(H2,31,32,38). The number of hydrogen-bond acceptors (Lipinski definition) is 7. The summed E-state index contributed by atoms with van der Waals surface area (Å²) in [5.41, 5.74) is 0.789. The van der Waals surface area contributed by atoms with E-state index in [2.05, 4.69) is 49.1 Å². The number of aromatic nitrogens is 1. The summed E-state index contributed by atoms with van der Waals surface area (Å²) >= 11 is 6.26. The van der Waals surface area contributed by atoms with Crippen LogP contribution in [-0.4, -0.2) is 70.5 Å². The first-order valence-corrected chi connectivity index (χ1v) is 14.0. The minimum absolute atomic E-state index is 0.0314. The molecule has 2 aromatic carbocycles. The van der Waals surface area contributed by atoms with E-state index in [1.165, 1.54) is 5.56 Å². The minimum atomic E-state index is -1.38. The second-order valence-electron chi connectivity index (χ2n) is 9.33. The summed E-state index contributed by atoms with van der Waals surface area (Å²) in [6.07, 6.45) is 1.68. The molecular formula is C27H30ClF2N5O4S. The number of halogens is 3. The van der Waals surface area contributed by atoms with Gasteiger partial charge in [-0.3, -0.25) is 10.2 Å². The molecule has 1 aliphatic heterocycles. The zero-order valence-electron chi connectivity index (χ0n) is 21.7. The molecule has 9 nitrogen and oxygen atoms in total. The number of amides is 2. The van der Waals surface area contributed by atoms with Gasteiger partial charge in [0.15, 0.2) is 5.56 Å². The first-order chi connectivity index (χ1) is 19.3. The molecule has 40 heavy (non-hydrogen) atoms. The number of carbonyl (C=O) groups excluding carboxylic acids is 1. The van der Waals surface area contributed by atoms with E-state index in [0.717, 1.165) is 64.2 Å². The molecule has 3 N–H and O–H groups in total. The second kappa shape index (κ2) is 14.4. The normalized spacial score (nSPS) is 14.2. The van der Waals surface area contributed by atoms with E-state index in [1.54, 1.807) is 0 Å². The van der Waals surface area contributed by atoms with Gasteiger partial charge >= 0.3 is 12.0 Å². The molecule has 1 aromatic heterocycles. The highest BCUT2D eigenvalue weighted by Gasteiger charge is 2.24. The molecule has 0 saturated carbocycles. The van der Waals surface area contributed by atoms with Crippen molar-refractivity contribution >= 4 is 40.1 Å². The van der Waals surface area contributed by atoms with Crippen LogP contribution in [0.25, 0.3) is 0 Å². The van der Waals surface area contributed by atoms with Crippen LogP contribution in [0.1, 0.15) is 34.3 Å². The van der Waals surface area contributed by atoms with E-state index in [-0.39, 0.29) is 27.0 Å². The number of benzene rings is 2. The van der Waals surface area contributed by atoms with Crippen LogP contribution >= 0.6 is 23.1 Å². The fraction of sp³-hybridized carbons (Fsp3) is 0.370. The van der Waals surface area contributed by atoms with Gasteiger partial charge in [-0.1, -0.05) is 41.9 Å². The number of hydrogen-bond donors (Lipinski definition) is 3. The zero-order chi connectivity index (χ0) is 28.5. The van der Waals surface area contributed by atoms with Crippen molar-refractivity contribution in [1.82, 2.24) is 19.5 Å². The summed E-state index contributed by atoms with van der Waals surface area (Å²) in [5.74, 6) is -3.34. The molecule has 1 aliphatic rings. The number of aromatic carboxylic acids is 1. The number of carbonyl (C=O) groups is 2. The van der Waals surface area contributed by atoms with Crippen molar-refractivity contribution in [3.8, 4) is 5.88 Å². The average molecular weight is 594 g/mol. The van der Waals surface area contributed by atoms with Crippen LogP contribution in [0, 0.1) is 11.6 Å². The van der Waals surface area contributed by atoms with Gasteiger partial charge in [-0.15, -0.1) is 0 Å². The van der Waals surface area contributed by atoms with E-state index in [0.29, 0.717) is 18.1 Å². The Kier molecular flexibility index (Phi) is 10.6. The third-order valence-corrected chi connectivity index (χ3v) is 7.49. The number of nitrogens with zero attached hydrogens (tertiary/aromatic N) is 3. The number of carboxylic acid groups (broad SMARTS) is 1. The molecule has 0 atom stereocenters. The molecule has 214 valence electrons. The lowest BCUT2D eigenvalue weighted by molar-refractivity contribution is 0.0693. The van der Waals surface area contributed by atoms with Gasteiger partial charge in [0.05, 0.1) is 5.02 Å². The maximum Gasteiger partial charge on any atom is 0.344 e. The monoisotopic (exact) mass is 593 g/mol. The summed E-state index contributed by atoms with van der Waals surface area (Å²) in [7, 11) is 0. The molecule has 0 aliphatic carbocycles. The summed E-state index contributed by atoms with van der Waals surface area (Å²) < 4.78 is 36.9. The van der Waals surface area contributed by atoms with Crippen molar-refractivity contribution in [2.45, 2.75) is 26.0 Å². The summed E-state index contributed by atoms with van der Waals surface area (Å²) in [5, 5.41) is 14.4. The highest BCUT2D eigenvalue weighted by molar-refractivity contribution is 7.11. The number of nitrogens with one attached hydrogen (secondary N) is 2. The third-order valence-electron chi connectivity index (χ3n) is 6.46. The van der Waals surface area contributed by atoms with Gasteiger partial charge in [-0.2, -0.15) is 4.37 Å². The Morgan fingerprint density at radius 1 is 1.05 bits per heavy atom. The molecule has 1 fully saturated rings. The predicted octanol–water partition coefficient (Wildman–Crippen LogP) is 5.07. The number of ether oxygens (including phenoxy) is 1. The number of unbranched alkanes of at least 4 members (excludes halogenated alkanes) is 1. The van der Waals surface area contributed by atoms with E-state index in [1.807, 2.05) is 6.07 Å². The van der Waals surface area contributed by atoms with Crippen LogP contribution in [0.5, 0.6) is 5.88 Å². The maximum absolute atomic E-state index is 14.0. The Morgan fingerprint density at radius 3 is 2.50 bits per heavy atom. The lowest BCUT2D eigenvalue weighted by atomic mass is 10.2. The van der Waals surface area contributed by atoms with E-state index in [9.17, 15) is 23.5 Å². The first kappa shape index (κ1) is 29.7. The average Bonchev–Trinajstić information content (AvgIpc) is 3.33. The summed E-state index contributed by atoms with van der Waals surface area (Å²) in [6, 6.07) is 11.5. The van der Waals surface area contributed by atoms with Crippen LogP contribution in [0.2, 0.25) is 5.02 Å².